The van der Waals surface area contributed by atoms with Crippen molar-refractivity contribution in [2.24, 2.45) is 0 Å². The Morgan fingerprint density at radius 2 is 1.91 bits per heavy atom. The summed E-state index contributed by atoms with van der Waals surface area (Å²) in [5.74, 6) is 0. The smallest absolute Gasteiger partial charge is 0.0198 e. The molecule has 0 N–H and O–H groups in total. The van der Waals surface area contributed by atoms with Crippen molar-refractivity contribution in [3.63, 3.8) is 0 Å². The molecule has 0 aromatic heterocycles. The van der Waals surface area contributed by atoms with Gasteiger partial charge in [-0.05, 0) is 27.8 Å². The van der Waals surface area contributed by atoms with E-state index in [1.807, 2.05) is 0 Å². The Hall–Kier alpha value is -0.0800. The third kappa shape index (κ3) is 2.17. The molecule has 1 saturated heterocycles. The monoisotopic (exact) mass is 156 g/mol. The van der Waals surface area contributed by atoms with Crippen LogP contribution in [0.15, 0.2) is 0 Å². The van der Waals surface area contributed by atoms with Gasteiger partial charge in [-0.2, -0.15) is 0 Å². The van der Waals surface area contributed by atoms with Gasteiger partial charge in [-0.15, -0.1) is 0 Å². The zero-order valence-electron chi connectivity index (χ0n) is 8.17. The molecule has 0 unspecified atom stereocenters. The summed E-state index contributed by atoms with van der Waals surface area (Å²) in [6.45, 7) is 10.6. The highest BCUT2D eigenvalue weighted by atomic mass is 15.3. The number of hydrogen-bond acceptors (Lipinski definition) is 2. The average molecular weight is 156 g/mol. The fourth-order valence-corrected chi connectivity index (χ4v) is 1.92. The molecular formula is C9H20N2. The maximum Gasteiger partial charge on any atom is 0.0198 e. The van der Waals surface area contributed by atoms with E-state index in [0.29, 0.717) is 6.04 Å². The summed E-state index contributed by atoms with van der Waals surface area (Å²) in [6.07, 6.45) is 0. The molecule has 0 bridgehead atoms. The van der Waals surface area contributed by atoms with Crippen molar-refractivity contribution in [3.05, 3.63) is 0 Å². The number of nitrogens with zero attached hydrogens (tertiary/aromatic N) is 2. The van der Waals surface area contributed by atoms with Gasteiger partial charge in [-0.3, -0.25) is 4.90 Å². The van der Waals surface area contributed by atoms with Gasteiger partial charge in [0.05, 0.1) is 0 Å². The molecule has 0 aromatic carbocycles. The fourth-order valence-electron chi connectivity index (χ4n) is 1.92. The number of piperazine rings is 1. The van der Waals surface area contributed by atoms with E-state index in [2.05, 4.69) is 37.6 Å². The van der Waals surface area contributed by atoms with Gasteiger partial charge in [0.25, 0.3) is 0 Å². The number of rotatable bonds is 1. The Morgan fingerprint density at radius 3 is 2.36 bits per heavy atom. The molecular weight excluding hydrogens is 136 g/mol. The van der Waals surface area contributed by atoms with Crippen molar-refractivity contribution in [1.29, 1.82) is 0 Å². The first kappa shape index (κ1) is 9.01. The molecule has 0 amide bonds. The predicted molar refractivity (Wildman–Crippen MR) is 48.8 cm³/mol. The molecule has 1 heterocycles. The van der Waals surface area contributed by atoms with E-state index in [-0.39, 0.29) is 0 Å². The first-order valence-electron chi connectivity index (χ1n) is 4.55. The lowest BCUT2D eigenvalue weighted by atomic mass is 10.1. The zero-order chi connectivity index (χ0) is 8.43. The average Bonchev–Trinajstić information content (AvgIpc) is 1.85. The second kappa shape index (κ2) is 3.55. The largest absolute Gasteiger partial charge is 0.304 e. The van der Waals surface area contributed by atoms with Crippen molar-refractivity contribution in [3.8, 4) is 0 Å². The second-order valence-corrected chi connectivity index (χ2v) is 3.94. The third-order valence-corrected chi connectivity index (χ3v) is 2.55. The van der Waals surface area contributed by atoms with Crippen molar-refractivity contribution in [1.82, 2.24) is 9.80 Å². The molecule has 11 heavy (non-hydrogen) atoms. The van der Waals surface area contributed by atoms with Crippen LogP contribution in [0.25, 0.3) is 0 Å². The lowest BCUT2D eigenvalue weighted by Crippen LogP contribution is -2.52. The number of likely N-dealkylation sites (N-methyl/N-ethyl adjacent to an activating group) is 1. The van der Waals surface area contributed by atoms with Crippen molar-refractivity contribution in [2.45, 2.75) is 32.9 Å². The Kier molecular flexibility index (Phi) is 2.90. The number of hydrogen-bond donors (Lipinski definition) is 0. The molecule has 1 atom stereocenters. The van der Waals surface area contributed by atoms with Gasteiger partial charge in [-0.25, -0.2) is 0 Å². The van der Waals surface area contributed by atoms with Gasteiger partial charge in [-0.1, -0.05) is 0 Å². The maximum atomic E-state index is 2.57. The van der Waals surface area contributed by atoms with Gasteiger partial charge < -0.3 is 4.90 Å². The third-order valence-electron chi connectivity index (χ3n) is 2.55. The van der Waals surface area contributed by atoms with Crippen LogP contribution in [0.1, 0.15) is 20.8 Å². The first-order valence-corrected chi connectivity index (χ1v) is 4.55. The first-order chi connectivity index (χ1) is 5.11. The zero-order valence-corrected chi connectivity index (χ0v) is 8.17. The van der Waals surface area contributed by atoms with Crippen LogP contribution >= 0.6 is 0 Å². The molecule has 2 nitrogen and oxygen atoms in total. The van der Waals surface area contributed by atoms with Gasteiger partial charge in [0.2, 0.25) is 0 Å². The molecule has 0 saturated carbocycles. The summed E-state index contributed by atoms with van der Waals surface area (Å²) >= 11 is 0. The normalized spacial score (nSPS) is 29.7. The highest BCUT2D eigenvalue weighted by molar-refractivity contribution is 4.79. The Labute approximate surface area is 70.2 Å². The quantitative estimate of drug-likeness (QED) is 0.559. The van der Waals surface area contributed by atoms with E-state index in [0.717, 1.165) is 6.04 Å². The SMILES string of the molecule is CC(C)N1CCN(C)C[C@H]1C. The summed E-state index contributed by atoms with van der Waals surface area (Å²) in [4.78, 5) is 4.98. The summed E-state index contributed by atoms with van der Waals surface area (Å²) in [5, 5.41) is 0. The minimum absolute atomic E-state index is 0.707. The molecule has 1 rings (SSSR count). The van der Waals surface area contributed by atoms with E-state index in [9.17, 15) is 0 Å². The Morgan fingerprint density at radius 1 is 1.27 bits per heavy atom. The fraction of sp³-hybridized carbons (Fsp3) is 1.00. The van der Waals surface area contributed by atoms with Gasteiger partial charge >= 0.3 is 0 Å². The van der Waals surface area contributed by atoms with Crippen molar-refractivity contribution in [2.75, 3.05) is 26.7 Å². The molecule has 1 aliphatic rings. The van der Waals surface area contributed by atoms with E-state index in [1.165, 1.54) is 19.6 Å². The van der Waals surface area contributed by atoms with Crippen LogP contribution in [0.3, 0.4) is 0 Å². The van der Waals surface area contributed by atoms with Crippen molar-refractivity contribution < 1.29 is 0 Å². The minimum atomic E-state index is 0.707. The Balaban J connectivity index is 2.44. The van der Waals surface area contributed by atoms with Gasteiger partial charge in [0.15, 0.2) is 0 Å². The van der Waals surface area contributed by atoms with Crippen LogP contribution in [0.2, 0.25) is 0 Å². The van der Waals surface area contributed by atoms with Crippen LogP contribution in [0, 0.1) is 0 Å². The highest BCUT2D eigenvalue weighted by Crippen LogP contribution is 2.10. The molecule has 0 spiro atoms. The minimum Gasteiger partial charge on any atom is -0.304 e. The summed E-state index contributed by atoms with van der Waals surface area (Å²) in [7, 11) is 2.20. The standard InChI is InChI=1S/C9H20N2/c1-8(2)11-6-5-10(4)7-9(11)3/h8-9H,5-7H2,1-4H3/t9-/m1/s1. The van der Waals surface area contributed by atoms with Crippen molar-refractivity contribution >= 4 is 0 Å². The molecule has 0 radical (unpaired) electrons. The maximum absolute atomic E-state index is 2.57. The van der Waals surface area contributed by atoms with Gasteiger partial charge in [0, 0.05) is 31.7 Å². The Bertz CT molecular complexity index is 123. The van der Waals surface area contributed by atoms with Crippen LogP contribution in [-0.2, 0) is 0 Å². The molecule has 66 valence electrons. The molecule has 1 fully saturated rings. The predicted octanol–water partition coefficient (Wildman–Crippen LogP) is 1.03. The topological polar surface area (TPSA) is 6.48 Å². The van der Waals surface area contributed by atoms with E-state index in [1.54, 1.807) is 0 Å². The second-order valence-electron chi connectivity index (χ2n) is 3.94. The van der Waals surface area contributed by atoms with Crippen LogP contribution < -0.4 is 0 Å². The van der Waals surface area contributed by atoms with E-state index in [4.69, 9.17) is 0 Å². The molecule has 0 aliphatic carbocycles. The van der Waals surface area contributed by atoms with Crippen LogP contribution in [0.5, 0.6) is 0 Å². The summed E-state index contributed by atoms with van der Waals surface area (Å²) in [6, 6.07) is 1.44. The molecule has 1 aliphatic heterocycles. The summed E-state index contributed by atoms with van der Waals surface area (Å²) < 4.78 is 0. The van der Waals surface area contributed by atoms with E-state index < -0.39 is 0 Å². The van der Waals surface area contributed by atoms with Crippen LogP contribution in [-0.4, -0.2) is 48.6 Å². The van der Waals surface area contributed by atoms with E-state index >= 15 is 0 Å². The van der Waals surface area contributed by atoms with Crippen LogP contribution in [0.4, 0.5) is 0 Å². The molecule has 2 heteroatoms. The van der Waals surface area contributed by atoms with Gasteiger partial charge in [0.1, 0.15) is 0 Å². The lowest BCUT2D eigenvalue weighted by molar-refractivity contribution is 0.0741. The summed E-state index contributed by atoms with van der Waals surface area (Å²) in [5.41, 5.74) is 0. The lowest BCUT2D eigenvalue weighted by Gasteiger charge is -2.40. The highest BCUT2D eigenvalue weighted by Gasteiger charge is 2.22. The molecule has 0 aromatic rings.